The van der Waals surface area contributed by atoms with Gasteiger partial charge in [0.15, 0.2) is 0 Å². The van der Waals surface area contributed by atoms with Crippen LogP contribution in [0.25, 0.3) is 0 Å². The number of hydrogen-bond donors (Lipinski definition) is 2. The number of carbonyl (C=O) groups is 1. The molecule has 0 fully saturated rings. The molecule has 8 heteroatoms. The van der Waals surface area contributed by atoms with E-state index in [0.29, 0.717) is 0 Å². The molecule has 0 aliphatic heterocycles. The third-order valence-electron chi connectivity index (χ3n) is 2.45. The van der Waals surface area contributed by atoms with E-state index >= 15 is 0 Å². The molecule has 0 heterocycles. The fourth-order valence-electron chi connectivity index (χ4n) is 1.61. The molecule has 0 bridgehead atoms. The van der Waals surface area contributed by atoms with Crippen LogP contribution in [0.5, 0.6) is 0 Å². The van der Waals surface area contributed by atoms with Crippen molar-refractivity contribution in [3.63, 3.8) is 0 Å². The van der Waals surface area contributed by atoms with Crippen molar-refractivity contribution in [2.75, 3.05) is 0 Å². The molecule has 0 spiro atoms. The molecule has 112 valence electrons. The summed E-state index contributed by atoms with van der Waals surface area (Å²) in [7, 11) is -3.99. The third kappa shape index (κ3) is 4.94. The maximum Gasteiger partial charge on any atom is 0.321 e. The molecule has 20 heavy (non-hydrogen) atoms. The number of nitrogens with one attached hydrogen (secondary N) is 1. The maximum atomic E-state index is 12.1. The molecular formula is C12H15Cl2NO4S. The summed E-state index contributed by atoms with van der Waals surface area (Å²) in [4.78, 5) is 10.9. The number of aliphatic carboxylic acids is 1. The highest BCUT2D eigenvalue weighted by Crippen LogP contribution is 2.22. The summed E-state index contributed by atoms with van der Waals surface area (Å²) in [5.41, 5.74) is 0. The highest BCUT2D eigenvalue weighted by molar-refractivity contribution is 7.89. The monoisotopic (exact) mass is 339 g/mol. The Morgan fingerprint density at radius 3 is 2.15 bits per heavy atom. The van der Waals surface area contributed by atoms with Gasteiger partial charge in [0.25, 0.3) is 0 Å². The molecule has 0 amide bonds. The number of sulfonamides is 1. The molecule has 1 rings (SSSR count). The number of hydrogen-bond acceptors (Lipinski definition) is 3. The largest absolute Gasteiger partial charge is 0.480 e. The van der Waals surface area contributed by atoms with Gasteiger partial charge in [-0.05, 0) is 30.5 Å². The van der Waals surface area contributed by atoms with Gasteiger partial charge in [0.1, 0.15) is 6.04 Å². The number of halogens is 2. The summed E-state index contributed by atoms with van der Waals surface area (Å²) >= 11 is 11.5. The Balaban J connectivity index is 3.06. The molecule has 1 atom stereocenters. The van der Waals surface area contributed by atoms with E-state index < -0.39 is 22.0 Å². The lowest BCUT2D eigenvalue weighted by Gasteiger charge is -2.16. The van der Waals surface area contributed by atoms with E-state index in [0.717, 1.165) is 0 Å². The van der Waals surface area contributed by atoms with Gasteiger partial charge in [0, 0.05) is 10.0 Å². The first-order valence-corrected chi connectivity index (χ1v) is 8.07. The van der Waals surface area contributed by atoms with Crippen molar-refractivity contribution in [1.82, 2.24) is 4.72 Å². The summed E-state index contributed by atoms with van der Waals surface area (Å²) in [6.07, 6.45) is 0.183. The summed E-state index contributed by atoms with van der Waals surface area (Å²) in [5, 5.41) is 9.38. The number of carboxylic acids is 1. The topological polar surface area (TPSA) is 83.5 Å². The molecule has 0 aromatic heterocycles. The number of carboxylic acid groups (broad SMARTS) is 1. The average molecular weight is 340 g/mol. The number of benzene rings is 1. The predicted molar refractivity (Wildman–Crippen MR) is 77.7 cm³/mol. The van der Waals surface area contributed by atoms with Gasteiger partial charge in [-0.15, -0.1) is 0 Å². The van der Waals surface area contributed by atoms with E-state index in [2.05, 4.69) is 4.72 Å². The first-order chi connectivity index (χ1) is 9.11. The van der Waals surface area contributed by atoms with Crippen LogP contribution in [0.1, 0.15) is 20.3 Å². The molecule has 1 aromatic rings. The molecule has 5 nitrogen and oxygen atoms in total. The second-order valence-corrected chi connectivity index (χ2v) is 7.33. The molecule has 0 radical (unpaired) electrons. The van der Waals surface area contributed by atoms with Crippen LogP contribution in [-0.2, 0) is 14.8 Å². The van der Waals surface area contributed by atoms with Gasteiger partial charge in [-0.1, -0.05) is 37.0 Å². The van der Waals surface area contributed by atoms with Crippen LogP contribution in [0.15, 0.2) is 23.1 Å². The van der Waals surface area contributed by atoms with Crippen molar-refractivity contribution in [3.05, 3.63) is 28.2 Å². The Morgan fingerprint density at radius 1 is 1.25 bits per heavy atom. The molecule has 2 N–H and O–H groups in total. The lowest BCUT2D eigenvalue weighted by molar-refractivity contribution is -0.139. The SMILES string of the molecule is CC(C)C[C@H](NS(=O)(=O)c1cc(Cl)cc(Cl)c1)C(=O)O. The highest BCUT2D eigenvalue weighted by Gasteiger charge is 2.26. The van der Waals surface area contributed by atoms with E-state index in [-0.39, 0.29) is 27.3 Å². The second kappa shape index (κ2) is 6.76. The van der Waals surface area contributed by atoms with E-state index in [4.69, 9.17) is 28.3 Å². The minimum absolute atomic E-state index is 0.0294. The van der Waals surface area contributed by atoms with Crippen molar-refractivity contribution >= 4 is 39.2 Å². The maximum absolute atomic E-state index is 12.1. The van der Waals surface area contributed by atoms with Crippen molar-refractivity contribution < 1.29 is 18.3 Å². The Bertz CT molecular complexity index is 581. The molecule has 0 aliphatic rings. The lowest BCUT2D eigenvalue weighted by Crippen LogP contribution is -2.41. The zero-order valence-electron chi connectivity index (χ0n) is 10.9. The Labute approximate surface area is 127 Å². The molecule has 0 aliphatic carbocycles. The van der Waals surface area contributed by atoms with Gasteiger partial charge < -0.3 is 5.11 Å². The number of rotatable bonds is 6. The van der Waals surface area contributed by atoms with Crippen LogP contribution in [0.4, 0.5) is 0 Å². The van der Waals surface area contributed by atoms with Gasteiger partial charge in [-0.3, -0.25) is 4.79 Å². The van der Waals surface area contributed by atoms with E-state index in [9.17, 15) is 13.2 Å². The molecule has 0 saturated heterocycles. The zero-order valence-corrected chi connectivity index (χ0v) is 13.3. The fourth-order valence-corrected chi connectivity index (χ4v) is 3.54. The second-order valence-electron chi connectivity index (χ2n) is 4.75. The van der Waals surface area contributed by atoms with Gasteiger partial charge in [0.2, 0.25) is 10.0 Å². The van der Waals surface area contributed by atoms with Crippen LogP contribution in [0.2, 0.25) is 10.0 Å². The Morgan fingerprint density at radius 2 is 1.75 bits per heavy atom. The van der Waals surface area contributed by atoms with Crippen LogP contribution >= 0.6 is 23.2 Å². The van der Waals surface area contributed by atoms with Gasteiger partial charge in [-0.25, -0.2) is 8.42 Å². The van der Waals surface area contributed by atoms with Crippen LogP contribution in [0.3, 0.4) is 0 Å². The van der Waals surface area contributed by atoms with Crippen molar-refractivity contribution in [2.24, 2.45) is 5.92 Å². The highest BCUT2D eigenvalue weighted by atomic mass is 35.5. The summed E-state index contributed by atoms with van der Waals surface area (Å²) < 4.78 is 26.4. The Hall–Kier alpha value is -0.820. The first-order valence-electron chi connectivity index (χ1n) is 5.83. The van der Waals surface area contributed by atoms with E-state index in [1.54, 1.807) is 13.8 Å². The average Bonchev–Trinajstić information content (AvgIpc) is 2.25. The molecule has 0 saturated carbocycles. The lowest BCUT2D eigenvalue weighted by atomic mass is 10.1. The van der Waals surface area contributed by atoms with E-state index in [1.807, 2.05) is 0 Å². The predicted octanol–water partition coefficient (Wildman–Crippen LogP) is 2.77. The van der Waals surface area contributed by atoms with Crippen LogP contribution < -0.4 is 4.72 Å². The third-order valence-corrected chi connectivity index (χ3v) is 4.34. The smallest absolute Gasteiger partial charge is 0.321 e. The Kier molecular flexibility index (Phi) is 5.82. The standard InChI is InChI=1S/C12H15Cl2NO4S/c1-7(2)3-11(12(16)17)15-20(18,19)10-5-8(13)4-9(14)6-10/h4-7,11,15H,3H2,1-2H3,(H,16,17)/t11-/m0/s1. The van der Waals surface area contributed by atoms with Gasteiger partial charge in [0.05, 0.1) is 4.90 Å². The zero-order chi connectivity index (χ0) is 15.5. The molecular weight excluding hydrogens is 325 g/mol. The minimum Gasteiger partial charge on any atom is -0.480 e. The summed E-state index contributed by atoms with van der Waals surface area (Å²) in [5.74, 6) is -1.20. The van der Waals surface area contributed by atoms with Crippen molar-refractivity contribution in [2.45, 2.75) is 31.2 Å². The van der Waals surface area contributed by atoms with Crippen molar-refractivity contribution in [1.29, 1.82) is 0 Å². The van der Waals surface area contributed by atoms with Crippen LogP contribution in [0, 0.1) is 5.92 Å². The van der Waals surface area contributed by atoms with Crippen molar-refractivity contribution in [3.8, 4) is 0 Å². The minimum atomic E-state index is -3.99. The van der Waals surface area contributed by atoms with Gasteiger partial charge >= 0.3 is 5.97 Å². The van der Waals surface area contributed by atoms with Crippen LogP contribution in [-0.4, -0.2) is 25.5 Å². The fraction of sp³-hybridized carbons (Fsp3) is 0.417. The summed E-state index contributed by atoms with van der Waals surface area (Å²) in [6, 6.07) is 2.62. The normalized spacial score (nSPS) is 13.4. The molecule has 0 unspecified atom stereocenters. The summed E-state index contributed by atoms with van der Waals surface area (Å²) in [6.45, 7) is 3.61. The van der Waals surface area contributed by atoms with Gasteiger partial charge in [-0.2, -0.15) is 4.72 Å². The first kappa shape index (κ1) is 17.2. The molecule has 1 aromatic carbocycles. The quantitative estimate of drug-likeness (QED) is 0.834. The van der Waals surface area contributed by atoms with E-state index in [1.165, 1.54) is 18.2 Å².